The second-order valence-corrected chi connectivity index (χ2v) is 7.13. The van der Waals surface area contributed by atoms with Gasteiger partial charge in [0.2, 0.25) is 0 Å². The Hall–Kier alpha value is -1.54. The molecule has 0 spiro atoms. The first-order valence-corrected chi connectivity index (χ1v) is 10.1. The number of nitrogen functional groups attached to an aromatic ring is 1. The Kier molecular flexibility index (Phi) is 9.69. The van der Waals surface area contributed by atoms with Crippen molar-refractivity contribution in [2.24, 2.45) is 0 Å². The number of rotatable bonds is 13. The van der Waals surface area contributed by atoms with Crippen LogP contribution in [0.25, 0.3) is 0 Å². The Labute approximate surface area is 164 Å². The molecule has 1 aliphatic heterocycles. The standard InChI is InChI=1S/C20H37N5O2/c1-3-24(12-11-23(2)13-15-26)9-4-7-22-8-10-25-14-16-27-20-17-18(21)5-6-19(20)25/h5-6,17,22,26H,3-4,7-16,21H2,1-2H3. The van der Waals surface area contributed by atoms with Gasteiger partial charge in [0, 0.05) is 44.5 Å². The lowest BCUT2D eigenvalue weighted by Crippen LogP contribution is -2.39. The van der Waals surface area contributed by atoms with Crippen LogP contribution in [0.5, 0.6) is 5.75 Å². The first-order chi connectivity index (χ1) is 13.1. The molecule has 0 unspecified atom stereocenters. The molecule has 0 aliphatic carbocycles. The van der Waals surface area contributed by atoms with E-state index in [1.807, 2.05) is 12.1 Å². The van der Waals surface area contributed by atoms with E-state index in [1.54, 1.807) is 0 Å². The van der Waals surface area contributed by atoms with Gasteiger partial charge >= 0.3 is 0 Å². The second-order valence-electron chi connectivity index (χ2n) is 7.13. The molecule has 0 radical (unpaired) electrons. The fraction of sp³-hybridized carbons (Fsp3) is 0.700. The predicted octanol–water partition coefficient (Wildman–Crippen LogP) is 0.693. The van der Waals surface area contributed by atoms with Gasteiger partial charge < -0.3 is 35.6 Å². The van der Waals surface area contributed by atoms with Gasteiger partial charge in [-0.25, -0.2) is 0 Å². The average molecular weight is 380 g/mol. The Morgan fingerprint density at radius 3 is 2.85 bits per heavy atom. The smallest absolute Gasteiger partial charge is 0.144 e. The number of nitrogens with two attached hydrogens (primary N) is 1. The fourth-order valence-electron chi connectivity index (χ4n) is 3.32. The normalized spacial score (nSPS) is 13.9. The number of hydrogen-bond donors (Lipinski definition) is 3. The maximum absolute atomic E-state index is 8.96. The molecule has 7 heteroatoms. The number of aliphatic hydroxyl groups excluding tert-OH is 1. The van der Waals surface area contributed by atoms with E-state index in [2.05, 4.69) is 40.1 Å². The lowest BCUT2D eigenvalue weighted by Gasteiger charge is -2.31. The molecule has 0 saturated heterocycles. The number of likely N-dealkylation sites (N-methyl/N-ethyl adjacent to an activating group) is 2. The fourth-order valence-corrected chi connectivity index (χ4v) is 3.32. The van der Waals surface area contributed by atoms with Crippen LogP contribution in [0.2, 0.25) is 0 Å². The van der Waals surface area contributed by atoms with Crippen molar-refractivity contribution in [2.45, 2.75) is 13.3 Å². The maximum atomic E-state index is 8.96. The highest BCUT2D eigenvalue weighted by molar-refractivity contribution is 5.65. The summed E-state index contributed by atoms with van der Waals surface area (Å²) in [5, 5.41) is 12.5. The van der Waals surface area contributed by atoms with Crippen LogP contribution in [0.15, 0.2) is 18.2 Å². The predicted molar refractivity (Wildman–Crippen MR) is 113 cm³/mol. The summed E-state index contributed by atoms with van der Waals surface area (Å²) >= 11 is 0. The summed E-state index contributed by atoms with van der Waals surface area (Å²) in [5.74, 6) is 0.894. The Balaban J connectivity index is 1.59. The second kappa shape index (κ2) is 12.0. The summed E-state index contributed by atoms with van der Waals surface area (Å²) in [6, 6.07) is 5.90. The molecular weight excluding hydrogens is 342 g/mol. The van der Waals surface area contributed by atoms with E-state index in [1.165, 1.54) is 0 Å². The van der Waals surface area contributed by atoms with Crippen molar-refractivity contribution in [1.29, 1.82) is 0 Å². The number of nitrogens with one attached hydrogen (secondary N) is 1. The molecule has 0 amide bonds. The van der Waals surface area contributed by atoms with Gasteiger partial charge in [0.05, 0.1) is 18.8 Å². The molecule has 1 aromatic rings. The Morgan fingerprint density at radius 1 is 1.22 bits per heavy atom. The van der Waals surface area contributed by atoms with Gasteiger partial charge in [0.1, 0.15) is 12.4 Å². The number of fused-ring (bicyclic) bond motifs is 1. The summed E-state index contributed by atoms with van der Waals surface area (Å²) in [4.78, 5) is 7.01. The molecule has 0 aromatic heterocycles. The SMILES string of the molecule is CCN(CCCNCCN1CCOc2cc(N)ccc21)CCN(C)CCO. The quantitative estimate of drug-likeness (QED) is 0.344. The average Bonchev–Trinajstić information content (AvgIpc) is 2.66. The highest BCUT2D eigenvalue weighted by Crippen LogP contribution is 2.32. The zero-order valence-corrected chi connectivity index (χ0v) is 17.0. The maximum Gasteiger partial charge on any atom is 0.144 e. The number of nitrogens with zero attached hydrogens (tertiary/aromatic N) is 3. The molecule has 154 valence electrons. The number of anilines is 2. The van der Waals surface area contributed by atoms with Gasteiger partial charge in [0.25, 0.3) is 0 Å². The van der Waals surface area contributed by atoms with Crippen molar-refractivity contribution in [3.63, 3.8) is 0 Å². The molecule has 0 atom stereocenters. The first-order valence-electron chi connectivity index (χ1n) is 10.1. The third kappa shape index (κ3) is 7.54. The number of hydrogen-bond acceptors (Lipinski definition) is 7. The highest BCUT2D eigenvalue weighted by Gasteiger charge is 2.17. The summed E-state index contributed by atoms with van der Waals surface area (Å²) in [7, 11) is 2.06. The first kappa shape index (κ1) is 21.8. The number of aliphatic hydroxyl groups is 1. The highest BCUT2D eigenvalue weighted by atomic mass is 16.5. The topological polar surface area (TPSA) is 77.2 Å². The lowest BCUT2D eigenvalue weighted by atomic mass is 10.2. The Bertz CT molecular complexity index is 543. The van der Waals surface area contributed by atoms with Crippen molar-refractivity contribution in [1.82, 2.24) is 15.1 Å². The van der Waals surface area contributed by atoms with E-state index in [0.29, 0.717) is 6.61 Å². The van der Waals surface area contributed by atoms with Crippen LogP contribution in [0.3, 0.4) is 0 Å². The molecule has 1 aromatic carbocycles. The van der Waals surface area contributed by atoms with E-state index < -0.39 is 0 Å². The van der Waals surface area contributed by atoms with Gasteiger partial charge in [-0.3, -0.25) is 0 Å². The monoisotopic (exact) mass is 379 g/mol. The van der Waals surface area contributed by atoms with Gasteiger partial charge in [-0.15, -0.1) is 0 Å². The van der Waals surface area contributed by atoms with Crippen molar-refractivity contribution in [2.75, 3.05) is 89.8 Å². The van der Waals surface area contributed by atoms with Crippen LogP contribution in [0.1, 0.15) is 13.3 Å². The molecule has 0 saturated carbocycles. The summed E-state index contributed by atoms with van der Waals surface area (Å²) in [6.07, 6.45) is 1.15. The van der Waals surface area contributed by atoms with Gasteiger partial charge in [-0.1, -0.05) is 6.92 Å². The van der Waals surface area contributed by atoms with Gasteiger partial charge in [-0.2, -0.15) is 0 Å². The minimum Gasteiger partial charge on any atom is -0.489 e. The zero-order valence-electron chi connectivity index (χ0n) is 17.0. The molecule has 7 nitrogen and oxygen atoms in total. The molecule has 4 N–H and O–H groups in total. The van der Waals surface area contributed by atoms with Crippen LogP contribution in [-0.2, 0) is 0 Å². The molecule has 0 bridgehead atoms. The molecule has 27 heavy (non-hydrogen) atoms. The minimum absolute atomic E-state index is 0.230. The van der Waals surface area contributed by atoms with E-state index in [-0.39, 0.29) is 6.61 Å². The van der Waals surface area contributed by atoms with Gasteiger partial charge in [0.15, 0.2) is 0 Å². The molecule has 1 heterocycles. The third-order valence-corrected chi connectivity index (χ3v) is 5.06. The van der Waals surface area contributed by atoms with Crippen molar-refractivity contribution >= 4 is 11.4 Å². The summed E-state index contributed by atoms with van der Waals surface area (Å²) in [5.41, 5.74) is 7.73. The van der Waals surface area contributed by atoms with Gasteiger partial charge in [-0.05, 0) is 45.2 Å². The molecule has 2 rings (SSSR count). The largest absolute Gasteiger partial charge is 0.489 e. The zero-order chi connectivity index (χ0) is 19.5. The van der Waals surface area contributed by atoms with Crippen LogP contribution in [0.4, 0.5) is 11.4 Å². The van der Waals surface area contributed by atoms with E-state index >= 15 is 0 Å². The molecule has 1 aliphatic rings. The third-order valence-electron chi connectivity index (χ3n) is 5.06. The van der Waals surface area contributed by atoms with Crippen molar-refractivity contribution in [3.05, 3.63) is 18.2 Å². The van der Waals surface area contributed by atoms with Crippen LogP contribution < -0.4 is 20.7 Å². The minimum atomic E-state index is 0.230. The van der Waals surface area contributed by atoms with Crippen LogP contribution >= 0.6 is 0 Å². The summed E-state index contributed by atoms with van der Waals surface area (Å²) < 4.78 is 5.71. The van der Waals surface area contributed by atoms with E-state index in [9.17, 15) is 0 Å². The summed E-state index contributed by atoms with van der Waals surface area (Å²) in [6.45, 7) is 12.0. The lowest BCUT2D eigenvalue weighted by molar-refractivity contribution is 0.192. The Morgan fingerprint density at radius 2 is 2.07 bits per heavy atom. The van der Waals surface area contributed by atoms with Crippen LogP contribution in [0, 0.1) is 0 Å². The van der Waals surface area contributed by atoms with E-state index in [0.717, 1.165) is 82.4 Å². The molecular formula is C20H37N5O2. The van der Waals surface area contributed by atoms with Crippen molar-refractivity contribution < 1.29 is 9.84 Å². The molecule has 0 fully saturated rings. The number of benzene rings is 1. The number of ether oxygens (including phenoxy) is 1. The van der Waals surface area contributed by atoms with E-state index in [4.69, 9.17) is 15.6 Å². The van der Waals surface area contributed by atoms with Crippen molar-refractivity contribution in [3.8, 4) is 5.75 Å². The van der Waals surface area contributed by atoms with Crippen LogP contribution in [-0.4, -0.2) is 94.1 Å².